The molecule has 80 valence electrons. The van der Waals surface area contributed by atoms with Crippen LogP contribution in [0.2, 0.25) is 0 Å². The minimum Gasteiger partial charge on any atom is -0.141 e. The van der Waals surface area contributed by atoms with E-state index in [9.17, 15) is 0 Å². The maximum absolute atomic E-state index is 3.07. The summed E-state index contributed by atoms with van der Waals surface area (Å²) in [5.41, 5.74) is 0. The van der Waals surface area contributed by atoms with Gasteiger partial charge in [0, 0.05) is 14.6 Å². The van der Waals surface area contributed by atoms with Gasteiger partial charge in [-0.2, -0.15) is 0 Å². The van der Waals surface area contributed by atoms with E-state index in [-0.39, 0.29) is 0 Å². The maximum Gasteiger partial charge on any atom is 0.0774 e. The van der Waals surface area contributed by atoms with E-state index in [1.807, 2.05) is 18.3 Å². The molecule has 0 N–H and O–H groups in total. The van der Waals surface area contributed by atoms with E-state index in [4.69, 9.17) is 0 Å². The molecule has 2 aromatic rings. The largest absolute Gasteiger partial charge is 0.141 e. The van der Waals surface area contributed by atoms with Crippen LogP contribution < -0.4 is 0 Å². The summed E-state index contributed by atoms with van der Waals surface area (Å²) in [5.74, 6) is 5.98. The van der Waals surface area contributed by atoms with Crippen LogP contribution in [0.25, 0.3) is 12.2 Å². The van der Waals surface area contributed by atoms with Gasteiger partial charge in [0.05, 0.1) is 4.88 Å². The molecule has 0 aliphatic carbocycles. The molecule has 0 aliphatic heterocycles. The van der Waals surface area contributed by atoms with Crippen molar-refractivity contribution in [2.24, 2.45) is 0 Å². The number of aryl methyl sites for hydroxylation is 1. The van der Waals surface area contributed by atoms with E-state index in [1.54, 1.807) is 11.3 Å². The Morgan fingerprint density at radius 2 is 1.69 bits per heavy atom. The topological polar surface area (TPSA) is 0 Å². The number of rotatable bonds is 2. The fourth-order valence-corrected chi connectivity index (χ4v) is 2.94. The van der Waals surface area contributed by atoms with Crippen molar-refractivity contribution in [3.63, 3.8) is 0 Å². The summed E-state index contributed by atoms with van der Waals surface area (Å²) < 4.78 is 0. The van der Waals surface area contributed by atoms with Crippen molar-refractivity contribution in [1.29, 1.82) is 0 Å². The molecule has 0 radical (unpaired) electrons. The normalized spacial score (nSPS) is 10.4. The van der Waals surface area contributed by atoms with Gasteiger partial charge in [-0.3, -0.25) is 0 Å². The molecule has 2 heterocycles. The van der Waals surface area contributed by atoms with Crippen LogP contribution in [0.5, 0.6) is 0 Å². The van der Waals surface area contributed by atoms with Crippen molar-refractivity contribution < 1.29 is 0 Å². The van der Waals surface area contributed by atoms with Crippen molar-refractivity contribution in [1.82, 2.24) is 0 Å². The van der Waals surface area contributed by atoms with Crippen molar-refractivity contribution in [2.45, 2.75) is 13.8 Å². The van der Waals surface area contributed by atoms with Crippen molar-refractivity contribution in [2.75, 3.05) is 0 Å². The third-order valence-electron chi connectivity index (χ3n) is 2.05. The van der Waals surface area contributed by atoms with Gasteiger partial charge in [0.15, 0.2) is 0 Å². The van der Waals surface area contributed by atoms with E-state index in [0.717, 1.165) is 4.88 Å². The van der Waals surface area contributed by atoms with E-state index < -0.39 is 0 Å². The second-order valence-electron chi connectivity index (χ2n) is 3.36. The SMILES string of the molecule is CC#Cc1ccc(/C=C/c2ccc(C)s2)s1. The van der Waals surface area contributed by atoms with E-state index in [2.05, 4.69) is 55.2 Å². The molecule has 0 unspecified atom stereocenters. The standard InChI is InChI=1S/C14H12S2/c1-3-4-12-7-9-14(16-12)10-8-13-6-5-11(2)15-13/h5-10H,1-2H3/b10-8+. The van der Waals surface area contributed by atoms with Crippen LogP contribution >= 0.6 is 22.7 Å². The minimum atomic E-state index is 1.13. The summed E-state index contributed by atoms with van der Waals surface area (Å²) in [6, 6.07) is 8.48. The fraction of sp³-hybridized carbons (Fsp3) is 0.143. The minimum absolute atomic E-state index is 1.13. The highest BCUT2D eigenvalue weighted by Crippen LogP contribution is 2.21. The molecule has 0 aromatic carbocycles. The highest BCUT2D eigenvalue weighted by atomic mass is 32.1. The van der Waals surface area contributed by atoms with Crippen molar-refractivity contribution in [3.05, 3.63) is 43.8 Å². The van der Waals surface area contributed by atoms with E-state index in [1.165, 1.54) is 14.6 Å². The molecule has 0 atom stereocenters. The predicted molar refractivity (Wildman–Crippen MR) is 74.9 cm³/mol. The Labute approximate surface area is 104 Å². The summed E-state index contributed by atoms with van der Waals surface area (Å²) in [6.07, 6.45) is 4.31. The Morgan fingerprint density at radius 3 is 2.31 bits per heavy atom. The van der Waals surface area contributed by atoms with Crippen molar-refractivity contribution >= 4 is 34.8 Å². The maximum atomic E-state index is 3.07. The monoisotopic (exact) mass is 244 g/mol. The first-order valence-electron chi connectivity index (χ1n) is 5.05. The van der Waals surface area contributed by atoms with Gasteiger partial charge in [-0.25, -0.2) is 0 Å². The lowest BCUT2D eigenvalue weighted by Gasteiger charge is -1.83. The molecular weight excluding hydrogens is 232 g/mol. The smallest absolute Gasteiger partial charge is 0.0774 e. The number of thiophene rings is 2. The average Bonchev–Trinajstić information content (AvgIpc) is 2.85. The molecule has 2 rings (SSSR count). The molecule has 0 amide bonds. The van der Waals surface area contributed by atoms with E-state index in [0.29, 0.717) is 0 Å². The Hall–Kier alpha value is -1.30. The lowest BCUT2D eigenvalue weighted by Crippen LogP contribution is -1.57. The van der Waals surface area contributed by atoms with Crippen LogP contribution in [0.1, 0.15) is 26.4 Å². The summed E-state index contributed by atoms with van der Waals surface area (Å²) in [5, 5.41) is 0. The number of hydrogen-bond donors (Lipinski definition) is 0. The van der Waals surface area contributed by atoms with Crippen molar-refractivity contribution in [3.8, 4) is 11.8 Å². The van der Waals surface area contributed by atoms with Crippen LogP contribution in [0.15, 0.2) is 24.3 Å². The zero-order valence-electron chi connectivity index (χ0n) is 9.28. The predicted octanol–water partition coefficient (Wildman–Crippen LogP) is 4.66. The zero-order chi connectivity index (χ0) is 11.4. The van der Waals surface area contributed by atoms with Crippen LogP contribution in [0.4, 0.5) is 0 Å². The average molecular weight is 244 g/mol. The highest BCUT2D eigenvalue weighted by Gasteiger charge is 1.95. The van der Waals surface area contributed by atoms with Gasteiger partial charge in [-0.15, -0.1) is 28.6 Å². The molecule has 0 saturated heterocycles. The van der Waals surface area contributed by atoms with Gasteiger partial charge in [-0.1, -0.05) is 5.92 Å². The highest BCUT2D eigenvalue weighted by molar-refractivity contribution is 7.14. The molecule has 16 heavy (non-hydrogen) atoms. The third kappa shape index (κ3) is 2.85. The van der Waals surface area contributed by atoms with Crippen LogP contribution in [0, 0.1) is 18.8 Å². The Balaban J connectivity index is 2.13. The summed E-state index contributed by atoms with van der Waals surface area (Å²) in [7, 11) is 0. The fourth-order valence-electron chi connectivity index (χ4n) is 1.34. The summed E-state index contributed by atoms with van der Waals surface area (Å²) >= 11 is 3.54. The van der Waals surface area contributed by atoms with E-state index >= 15 is 0 Å². The lowest BCUT2D eigenvalue weighted by atomic mass is 10.3. The molecule has 0 nitrogen and oxygen atoms in total. The van der Waals surface area contributed by atoms with Crippen LogP contribution in [-0.2, 0) is 0 Å². The van der Waals surface area contributed by atoms with Gasteiger partial charge in [0.1, 0.15) is 0 Å². The third-order valence-corrected chi connectivity index (χ3v) is 3.98. The molecule has 0 aliphatic rings. The first-order valence-corrected chi connectivity index (χ1v) is 6.68. The molecule has 0 bridgehead atoms. The summed E-state index contributed by atoms with van der Waals surface area (Å²) in [6.45, 7) is 3.99. The quantitative estimate of drug-likeness (QED) is 0.674. The second-order valence-corrected chi connectivity index (χ2v) is 5.79. The van der Waals surface area contributed by atoms with Crippen LogP contribution in [0.3, 0.4) is 0 Å². The first kappa shape index (κ1) is 11.2. The van der Waals surface area contributed by atoms with Crippen LogP contribution in [-0.4, -0.2) is 0 Å². The Bertz CT molecular complexity index is 559. The van der Waals surface area contributed by atoms with Gasteiger partial charge in [-0.05, 0) is 50.3 Å². The first-order chi connectivity index (χ1) is 7.78. The van der Waals surface area contributed by atoms with Gasteiger partial charge < -0.3 is 0 Å². The molecular formula is C14H12S2. The lowest BCUT2D eigenvalue weighted by molar-refractivity contribution is 1.64. The molecule has 2 aromatic heterocycles. The molecule has 0 fully saturated rings. The zero-order valence-corrected chi connectivity index (χ0v) is 10.9. The number of hydrogen-bond acceptors (Lipinski definition) is 2. The van der Waals surface area contributed by atoms with Gasteiger partial charge in [0.25, 0.3) is 0 Å². The Morgan fingerprint density at radius 1 is 1.00 bits per heavy atom. The molecule has 0 saturated carbocycles. The summed E-state index contributed by atoms with van der Waals surface area (Å²) in [4.78, 5) is 5.03. The Kier molecular flexibility index (Phi) is 3.61. The van der Waals surface area contributed by atoms with Gasteiger partial charge >= 0.3 is 0 Å². The molecule has 0 spiro atoms. The molecule has 2 heteroatoms. The van der Waals surface area contributed by atoms with Gasteiger partial charge in [0.2, 0.25) is 0 Å². The second kappa shape index (κ2) is 5.16.